The van der Waals surface area contributed by atoms with Gasteiger partial charge in [-0.05, 0) is 47.9 Å². The third-order valence-electron chi connectivity index (χ3n) is 7.08. The van der Waals surface area contributed by atoms with Crippen LogP contribution in [0.15, 0.2) is 48.8 Å². The monoisotopic (exact) mass is 532 g/mol. The maximum atomic E-state index is 13.3. The topological polar surface area (TPSA) is 86.4 Å². The van der Waals surface area contributed by atoms with Crippen molar-refractivity contribution in [2.75, 3.05) is 19.6 Å². The Kier molecular flexibility index (Phi) is 9.36. The molecule has 2 amide bonds. The smallest absolute Gasteiger partial charge is 0.295 e. The molecule has 3 heterocycles. The van der Waals surface area contributed by atoms with Gasteiger partial charge in [-0.2, -0.15) is 0 Å². The molecule has 1 aliphatic heterocycles. The van der Waals surface area contributed by atoms with E-state index in [0.29, 0.717) is 41.8 Å². The molecular weight excluding hydrogens is 488 g/mol. The summed E-state index contributed by atoms with van der Waals surface area (Å²) in [5.74, 6) is -1.14. The highest BCUT2D eigenvalue weighted by atomic mass is 16.2. The molecule has 7 heteroatoms. The fraction of sp³-hybridized carbons (Fsp3) is 0.500. The predicted octanol–water partition coefficient (Wildman–Crippen LogP) is 6.15. The second-order valence-corrected chi connectivity index (χ2v) is 12.8. The van der Waals surface area contributed by atoms with Gasteiger partial charge in [-0.3, -0.25) is 14.4 Å². The number of H-pyrrole nitrogens is 1. The Balaban J connectivity index is 0.000000631. The molecule has 2 aromatic heterocycles. The number of Topliss-reactive ketones (excluding diaryl/α,β-unsaturated/α-hetero) is 1. The van der Waals surface area contributed by atoms with Crippen LogP contribution in [-0.2, 0) is 11.2 Å². The van der Waals surface area contributed by atoms with Gasteiger partial charge in [-0.15, -0.1) is 0 Å². The highest BCUT2D eigenvalue weighted by Gasteiger charge is 2.34. The number of aromatic nitrogens is 2. The molecule has 1 aromatic carbocycles. The van der Waals surface area contributed by atoms with Crippen molar-refractivity contribution in [2.24, 2.45) is 10.8 Å². The third-order valence-corrected chi connectivity index (χ3v) is 7.08. The average molecular weight is 533 g/mol. The van der Waals surface area contributed by atoms with Gasteiger partial charge in [0.2, 0.25) is 0 Å². The van der Waals surface area contributed by atoms with Crippen LogP contribution in [0.5, 0.6) is 0 Å². The lowest BCUT2D eigenvalue weighted by molar-refractivity contribution is -0.130. The first kappa shape index (κ1) is 30.1. The second-order valence-electron chi connectivity index (χ2n) is 12.8. The highest BCUT2D eigenvalue weighted by Crippen LogP contribution is 2.28. The van der Waals surface area contributed by atoms with Gasteiger partial charge < -0.3 is 14.8 Å². The van der Waals surface area contributed by atoms with Crippen LogP contribution in [0.1, 0.15) is 88.1 Å². The zero-order valence-corrected chi connectivity index (χ0v) is 24.8. The van der Waals surface area contributed by atoms with Crippen molar-refractivity contribution in [1.82, 2.24) is 19.8 Å². The molecule has 210 valence electrons. The number of hydrogen-bond acceptors (Lipinski definition) is 4. The molecular formula is C32H44N4O3. The molecule has 0 unspecified atom stereocenters. The number of hydrogen-bond donors (Lipinski definition) is 1. The first-order valence-corrected chi connectivity index (χ1v) is 13.9. The fourth-order valence-corrected chi connectivity index (χ4v) is 4.47. The number of aromatic amines is 1. The number of ketones is 1. The van der Waals surface area contributed by atoms with E-state index in [9.17, 15) is 14.4 Å². The van der Waals surface area contributed by atoms with E-state index in [0.717, 1.165) is 17.4 Å². The summed E-state index contributed by atoms with van der Waals surface area (Å²) in [5, 5.41) is 0.719. The van der Waals surface area contributed by atoms with Gasteiger partial charge in [0, 0.05) is 49.0 Å². The molecule has 1 aliphatic rings. The average Bonchev–Trinajstić information content (AvgIpc) is 3.32. The number of fused-ring (bicyclic) bond motifs is 1. The van der Waals surface area contributed by atoms with Crippen molar-refractivity contribution in [1.29, 1.82) is 0 Å². The number of amides is 2. The normalized spacial score (nSPS) is 16.1. The first-order chi connectivity index (χ1) is 18.2. The summed E-state index contributed by atoms with van der Waals surface area (Å²) in [6.45, 7) is 18.3. The van der Waals surface area contributed by atoms with E-state index in [-0.39, 0.29) is 17.4 Å². The van der Waals surface area contributed by atoms with E-state index < -0.39 is 11.7 Å². The number of rotatable bonds is 4. The molecule has 7 nitrogen and oxygen atoms in total. The molecule has 0 spiro atoms. The molecule has 39 heavy (non-hydrogen) atoms. The summed E-state index contributed by atoms with van der Waals surface area (Å²) < 4.78 is 0. The number of carbonyl (C=O) groups is 3. The van der Waals surface area contributed by atoms with E-state index in [1.54, 1.807) is 34.3 Å². The van der Waals surface area contributed by atoms with Crippen LogP contribution in [0.2, 0.25) is 0 Å². The predicted molar refractivity (Wildman–Crippen MR) is 157 cm³/mol. The molecule has 1 atom stereocenters. The Morgan fingerprint density at radius 2 is 1.62 bits per heavy atom. The number of benzene rings is 1. The number of nitrogens with zero attached hydrogens (tertiary/aromatic N) is 3. The molecule has 1 N–H and O–H groups in total. The standard InChI is InChI=1S/C26H30N4O3.C6H14/c1-17-16-29(24(32)18-8-6-5-7-9-18)12-13-30(17)25(33)22(31)20-15-28-23-21(20)19(10-11-27-23)14-26(2,3)4;1-5-6(2,3)4/h5-11,15,17H,12-14,16H2,1-4H3,(H,27,28);5H2,1-4H3/t17-;/m1./s1. The second kappa shape index (κ2) is 12.1. The van der Waals surface area contributed by atoms with Crippen molar-refractivity contribution in [3.8, 4) is 0 Å². The molecule has 1 saturated heterocycles. The third kappa shape index (κ3) is 7.78. The molecule has 0 aliphatic carbocycles. The SMILES string of the molecule is CCC(C)(C)C.C[C@@H]1CN(C(=O)c2ccccc2)CCN1C(=O)C(=O)c1c[nH]c2nccc(CC(C)(C)C)c12. The first-order valence-electron chi connectivity index (χ1n) is 13.9. The van der Waals surface area contributed by atoms with E-state index in [1.165, 1.54) is 6.42 Å². The minimum Gasteiger partial charge on any atom is -0.345 e. The lowest BCUT2D eigenvalue weighted by atomic mass is 9.86. The van der Waals surface area contributed by atoms with Crippen molar-refractivity contribution in [3.63, 3.8) is 0 Å². The molecule has 3 aromatic rings. The van der Waals surface area contributed by atoms with Crippen molar-refractivity contribution < 1.29 is 14.4 Å². The van der Waals surface area contributed by atoms with Crippen LogP contribution < -0.4 is 0 Å². The van der Waals surface area contributed by atoms with E-state index >= 15 is 0 Å². The molecule has 0 bridgehead atoms. The summed E-state index contributed by atoms with van der Waals surface area (Å²) in [6, 6.07) is 10.8. The Morgan fingerprint density at radius 3 is 2.18 bits per heavy atom. The minimum atomic E-state index is -0.543. The van der Waals surface area contributed by atoms with Gasteiger partial charge in [0.15, 0.2) is 0 Å². The number of carbonyl (C=O) groups excluding carboxylic acids is 3. The molecule has 1 fully saturated rings. The van der Waals surface area contributed by atoms with Gasteiger partial charge in [0.1, 0.15) is 5.65 Å². The molecule has 0 radical (unpaired) electrons. The Bertz CT molecular complexity index is 1300. The highest BCUT2D eigenvalue weighted by molar-refractivity contribution is 6.45. The van der Waals surface area contributed by atoms with Gasteiger partial charge >= 0.3 is 0 Å². The van der Waals surface area contributed by atoms with Gasteiger partial charge in [-0.25, -0.2) is 4.98 Å². The fourth-order valence-electron chi connectivity index (χ4n) is 4.47. The summed E-state index contributed by atoms with van der Waals surface area (Å²) in [6.07, 6.45) is 5.34. The summed E-state index contributed by atoms with van der Waals surface area (Å²) in [4.78, 5) is 50.0. The number of pyridine rings is 1. The van der Waals surface area contributed by atoms with Crippen LogP contribution in [0.4, 0.5) is 0 Å². The summed E-state index contributed by atoms with van der Waals surface area (Å²) in [5.41, 5.74) is 3.15. The Hall–Kier alpha value is -3.48. The van der Waals surface area contributed by atoms with Gasteiger partial charge in [-0.1, -0.05) is 73.1 Å². The lowest BCUT2D eigenvalue weighted by Gasteiger charge is -2.39. The minimum absolute atomic E-state index is 0.0199. The van der Waals surface area contributed by atoms with Crippen molar-refractivity contribution in [2.45, 2.75) is 74.3 Å². The van der Waals surface area contributed by atoms with E-state index in [4.69, 9.17) is 0 Å². The Morgan fingerprint density at radius 1 is 0.974 bits per heavy atom. The number of piperazine rings is 1. The van der Waals surface area contributed by atoms with Crippen LogP contribution in [0.3, 0.4) is 0 Å². The summed E-state index contributed by atoms with van der Waals surface area (Å²) in [7, 11) is 0. The zero-order chi connectivity index (χ0) is 29.0. The van der Waals surface area contributed by atoms with Crippen LogP contribution >= 0.6 is 0 Å². The molecule has 0 saturated carbocycles. The zero-order valence-electron chi connectivity index (χ0n) is 24.8. The maximum absolute atomic E-state index is 13.3. The molecule has 4 rings (SSSR count). The van der Waals surface area contributed by atoms with Crippen molar-refractivity contribution in [3.05, 3.63) is 65.5 Å². The van der Waals surface area contributed by atoms with Crippen LogP contribution in [0, 0.1) is 10.8 Å². The van der Waals surface area contributed by atoms with Gasteiger partial charge in [0.25, 0.3) is 17.6 Å². The Labute approximate surface area is 233 Å². The van der Waals surface area contributed by atoms with E-state index in [1.807, 2.05) is 31.2 Å². The summed E-state index contributed by atoms with van der Waals surface area (Å²) >= 11 is 0. The number of nitrogens with one attached hydrogen (secondary N) is 1. The van der Waals surface area contributed by atoms with Crippen LogP contribution in [-0.4, -0.2) is 63.0 Å². The van der Waals surface area contributed by atoms with Crippen molar-refractivity contribution >= 4 is 28.6 Å². The van der Waals surface area contributed by atoms with Crippen LogP contribution in [0.25, 0.3) is 11.0 Å². The largest absolute Gasteiger partial charge is 0.345 e. The lowest BCUT2D eigenvalue weighted by Crippen LogP contribution is -2.56. The quantitative estimate of drug-likeness (QED) is 0.323. The van der Waals surface area contributed by atoms with Gasteiger partial charge in [0.05, 0.1) is 5.56 Å². The maximum Gasteiger partial charge on any atom is 0.295 e. The van der Waals surface area contributed by atoms with E-state index in [2.05, 4.69) is 58.4 Å².